The maximum Gasteiger partial charge on any atom is 0.317 e. The highest BCUT2D eigenvalue weighted by atomic mass is 16.3. The van der Waals surface area contributed by atoms with Crippen LogP contribution in [-0.2, 0) is 0 Å². The van der Waals surface area contributed by atoms with Crippen LogP contribution >= 0.6 is 0 Å². The van der Waals surface area contributed by atoms with E-state index in [9.17, 15) is 4.79 Å². The molecule has 0 saturated heterocycles. The summed E-state index contributed by atoms with van der Waals surface area (Å²) in [5.74, 6) is 0. The van der Waals surface area contributed by atoms with Crippen molar-refractivity contribution in [2.45, 2.75) is 46.1 Å². The molecule has 4 heteroatoms. The van der Waals surface area contributed by atoms with E-state index < -0.39 is 0 Å². The zero-order chi connectivity index (χ0) is 16.8. The molecule has 2 N–H and O–H groups in total. The molecule has 1 aromatic carbocycles. The number of hydrogen-bond donors (Lipinski definition) is 2. The molecule has 0 fully saturated rings. The van der Waals surface area contributed by atoms with Gasteiger partial charge in [0.1, 0.15) is 0 Å². The van der Waals surface area contributed by atoms with Crippen molar-refractivity contribution in [1.29, 1.82) is 0 Å². The van der Waals surface area contributed by atoms with Gasteiger partial charge in [-0.15, -0.1) is 0 Å². The normalized spacial score (nSPS) is 16.0. The fraction of sp³-hybridized carbons (Fsp3) is 0.526. The number of aliphatic hydroxyl groups excluding tert-OH is 1. The third kappa shape index (κ3) is 5.10. The first kappa shape index (κ1) is 17.5. The first-order valence-corrected chi connectivity index (χ1v) is 8.43. The predicted molar refractivity (Wildman–Crippen MR) is 94.4 cm³/mol. The zero-order valence-corrected chi connectivity index (χ0v) is 14.4. The first-order valence-electron chi connectivity index (χ1n) is 8.43. The van der Waals surface area contributed by atoms with Crippen LogP contribution in [0.4, 0.5) is 4.79 Å². The Morgan fingerprint density at radius 3 is 2.57 bits per heavy atom. The van der Waals surface area contributed by atoms with E-state index in [-0.39, 0.29) is 18.7 Å². The fourth-order valence-corrected chi connectivity index (χ4v) is 3.05. The van der Waals surface area contributed by atoms with Gasteiger partial charge >= 0.3 is 6.03 Å². The van der Waals surface area contributed by atoms with Crippen molar-refractivity contribution in [3.8, 4) is 0 Å². The summed E-state index contributed by atoms with van der Waals surface area (Å²) in [5.41, 5.74) is 5.16. The van der Waals surface area contributed by atoms with Gasteiger partial charge in [-0.25, -0.2) is 4.79 Å². The van der Waals surface area contributed by atoms with Gasteiger partial charge in [0.05, 0.1) is 0 Å². The zero-order valence-electron chi connectivity index (χ0n) is 14.4. The lowest BCUT2D eigenvalue weighted by Crippen LogP contribution is -2.45. The number of nitrogens with one attached hydrogen (secondary N) is 1. The Kier molecular flexibility index (Phi) is 6.22. The Morgan fingerprint density at radius 1 is 1.30 bits per heavy atom. The molecule has 1 aromatic rings. The van der Waals surface area contributed by atoms with Crippen LogP contribution in [0.5, 0.6) is 0 Å². The summed E-state index contributed by atoms with van der Waals surface area (Å²) in [7, 11) is 0. The number of carbonyl (C=O) groups excluding carboxylic acids is 1. The summed E-state index contributed by atoms with van der Waals surface area (Å²) in [6.07, 6.45) is 4.58. The van der Waals surface area contributed by atoms with Crippen LogP contribution in [0.1, 0.15) is 42.9 Å². The monoisotopic (exact) mass is 316 g/mol. The summed E-state index contributed by atoms with van der Waals surface area (Å²) in [6, 6.07) is 6.70. The van der Waals surface area contributed by atoms with E-state index in [1.807, 2.05) is 11.8 Å². The Bertz CT molecular complexity index is 560. The topological polar surface area (TPSA) is 52.6 Å². The lowest BCUT2D eigenvalue weighted by atomic mass is 9.96. The molecule has 2 amide bonds. The van der Waals surface area contributed by atoms with Gasteiger partial charge in [-0.05, 0) is 51.2 Å². The molecular weight excluding hydrogens is 288 g/mol. The minimum Gasteiger partial charge on any atom is -0.396 e. The van der Waals surface area contributed by atoms with Gasteiger partial charge in [-0.3, -0.25) is 0 Å². The van der Waals surface area contributed by atoms with Crippen molar-refractivity contribution in [3.63, 3.8) is 0 Å². The Morgan fingerprint density at radius 2 is 2.00 bits per heavy atom. The minimum atomic E-state index is -0.00818. The van der Waals surface area contributed by atoms with Crippen molar-refractivity contribution in [2.24, 2.45) is 0 Å². The Labute approximate surface area is 139 Å². The van der Waals surface area contributed by atoms with E-state index in [1.165, 1.54) is 22.3 Å². The number of amides is 2. The highest BCUT2D eigenvalue weighted by Gasteiger charge is 2.19. The summed E-state index contributed by atoms with van der Waals surface area (Å²) in [5, 5.41) is 11.8. The Hall–Kier alpha value is -1.81. The molecule has 126 valence electrons. The molecule has 0 aromatic heterocycles. The van der Waals surface area contributed by atoms with Crippen LogP contribution in [0.2, 0.25) is 0 Å². The molecule has 0 aliphatic carbocycles. The lowest BCUT2D eigenvalue weighted by Gasteiger charge is -2.28. The highest BCUT2D eigenvalue weighted by molar-refractivity contribution is 5.77. The van der Waals surface area contributed by atoms with Crippen molar-refractivity contribution in [3.05, 3.63) is 41.0 Å². The molecule has 1 atom stereocenters. The van der Waals surface area contributed by atoms with Crippen molar-refractivity contribution >= 4 is 11.6 Å². The quantitative estimate of drug-likeness (QED) is 0.876. The van der Waals surface area contributed by atoms with Crippen LogP contribution in [-0.4, -0.2) is 41.8 Å². The number of nitrogens with zero attached hydrogens (tertiary/aromatic N) is 1. The van der Waals surface area contributed by atoms with E-state index in [1.54, 1.807) is 0 Å². The molecule has 23 heavy (non-hydrogen) atoms. The number of benzene rings is 1. The molecule has 0 bridgehead atoms. The van der Waals surface area contributed by atoms with Crippen molar-refractivity contribution in [2.75, 3.05) is 19.7 Å². The van der Waals surface area contributed by atoms with Crippen LogP contribution in [0.25, 0.3) is 5.57 Å². The van der Waals surface area contributed by atoms with Gasteiger partial charge in [0.25, 0.3) is 0 Å². The maximum atomic E-state index is 12.2. The minimum absolute atomic E-state index is 0.00818. The van der Waals surface area contributed by atoms with Gasteiger partial charge in [-0.1, -0.05) is 35.4 Å². The summed E-state index contributed by atoms with van der Waals surface area (Å²) in [4.78, 5) is 14.1. The van der Waals surface area contributed by atoms with E-state index in [0.29, 0.717) is 6.54 Å². The van der Waals surface area contributed by atoms with Gasteiger partial charge < -0.3 is 15.3 Å². The molecule has 0 radical (unpaired) electrons. The maximum absolute atomic E-state index is 12.2. The van der Waals surface area contributed by atoms with Gasteiger partial charge in [0.2, 0.25) is 0 Å². The van der Waals surface area contributed by atoms with E-state index in [0.717, 1.165) is 25.8 Å². The first-order chi connectivity index (χ1) is 11.0. The third-order valence-corrected chi connectivity index (χ3v) is 4.25. The van der Waals surface area contributed by atoms with Crippen LogP contribution in [0.3, 0.4) is 0 Å². The number of aryl methyl sites for hydroxylation is 2. The molecule has 1 unspecified atom stereocenters. The molecule has 1 aliphatic rings. The van der Waals surface area contributed by atoms with Crippen molar-refractivity contribution < 1.29 is 9.90 Å². The van der Waals surface area contributed by atoms with E-state index in [2.05, 4.69) is 43.4 Å². The number of rotatable bonds is 5. The molecule has 1 aliphatic heterocycles. The van der Waals surface area contributed by atoms with Gasteiger partial charge in [-0.2, -0.15) is 0 Å². The van der Waals surface area contributed by atoms with Crippen LogP contribution in [0.15, 0.2) is 24.3 Å². The average Bonchev–Trinajstić information content (AvgIpc) is 2.52. The van der Waals surface area contributed by atoms with Crippen LogP contribution < -0.4 is 5.32 Å². The number of aliphatic hydroxyl groups is 1. The standard InChI is InChI=1S/C19H28N2O2/c1-14-11-15(2)13-18(12-14)17-6-8-21(9-7-17)19(23)20-16(3)5-4-10-22/h6,11-13,16,22H,4-5,7-10H2,1-3H3,(H,20,23). The predicted octanol–water partition coefficient (Wildman–Crippen LogP) is 3.26. The Balaban J connectivity index is 1.93. The number of urea groups is 1. The molecule has 2 rings (SSSR count). The summed E-state index contributed by atoms with van der Waals surface area (Å²) >= 11 is 0. The molecule has 1 heterocycles. The highest BCUT2D eigenvalue weighted by Crippen LogP contribution is 2.24. The van der Waals surface area contributed by atoms with Gasteiger partial charge in [0, 0.05) is 25.7 Å². The van der Waals surface area contributed by atoms with Crippen molar-refractivity contribution in [1.82, 2.24) is 10.2 Å². The SMILES string of the molecule is Cc1cc(C)cc(C2=CCN(C(=O)NC(C)CCCO)CC2)c1. The summed E-state index contributed by atoms with van der Waals surface area (Å²) in [6.45, 7) is 7.79. The number of hydrogen-bond acceptors (Lipinski definition) is 2. The molecule has 4 nitrogen and oxygen atoms in total. The van der Waals surface area contributed by atoms with Crippen LogP contribution in [0, 0.1) is 13.8 Å². The largest absolute Gasteiger partial charge is 0.396 e. The smallest absolute Gasteiger partial charge is 0.317 e. The molecular formula is C19H28N2O2. The second-order valence-corrected chi connectivity index (χ2v) is 6.52. The fourth-order valence-electron chi connectivity index (χ4n) is 3.05. The van der Waals surface area contributed by atoms with E-state index in [4.69, 9.17) is 5.11 Å². The summed E-state index contributed by atoms with van der Waals surface area (Å²) < 4.78 is 0. The third-order valence-electron chi connectivity index (χ3n) is 4.25. The second kappa shape index (κ2) is 8.16. The number of carbonyl (C=O) groups is 1. The lowest BCUT2D eigenvalue weighted by molar-refractivity contribution is 0.197. The van der Waals surface area contributed by atoms with E-state index >= 15 is 0 Å². The molecule has 0 spiro atoms. The van der Waals surface area contributed by atoms with Gasteiger partial charge in [0.15, 0.2) is 0 Å². The average molecular weight is 316 g/mol. The molecule has 0 saturated carbocycles. The second-order valence-electron chi connectivity index (χ2n) is 6.52.